The standard InChI is InChI=1S/C17H19Cl2NO6S/c1-5-25-14(23)11-8(2)12(9(3)21)27-13(11)20-10(22)6-26-15(24)16(4)7-17(16,18)19/h5-7H2,1-4H3,(H,20,22). The molecule has 0 saturated heterocycles. The summed E-state index contributed by atoms with van der Waals surface area (Å²) in [6.07, 6.45) is 0.239. The first-order chi connectivity index (χ1) is 12.4. The van der Waals surface area contributed by atoms with Gasteiger partial charge in [0.2, 0.25) is 0 Å². The molecule has 1 fully saturated rings. The second-order valence-corrected chi connectivity index (χ2v) is 8.88. The van der Waals surface area contributed by atoms with Crippen LogP contribution in [0.1, 0.15) is 52.8 Å². The van der Waals surface area contributed by atoms with Crippen molar-refractivity contribution in [2.75, 3.05) is 18.5 Å². The van der Waals surface area contributed by atoms with E-state index in [1.807, 2.05) is 0 Å². The first-order valence-corrected chi connectivity index (χ1v) is 9.68. The monoisotopic (exact) mass is 435 g/mol. The van der Waals surface area contributed by atoms with Crippen molar-refractivity contribution >= 4 is 63.2 Å². The van der Waals surface area contributed by atoms with Gasteiger partial charge < -0.3 is 14.8 Å². The topological polar surface area (TPSA) is 98.8 Å². The first kappa shape index (κ1) is 21.7. The smallest absolute Gasteiger partial charge is 0.341 e. The van der Waals surface area contributed by atoms with Crippen LogP contribution >= 0.6 is 34.5 Å². The van der Waals surface area contributed by atoms with Crippen molar-refractivity contribution in [3.8, 4) is 0 Å². The Hall–Kier alpha value is -1.64. The van der Waals surface area contributed by atoms with Crippen LogP contribution in [-0.4, -0.2) is 41.2 Å². The SMILES string of the molecule is CCOC(=O)c1c(NC(=O)COC(=O)C2(C)CC2(Cl)Cl)sc(C(C)=O)c1C. The summed E-state index contributed by atoms with van der Waals surface area (Å²) in [4.78, 5) is 48.5. The molecule has 1 atom stereocenters. The minimum absolute atomic E-state index is 0.112. The molecule has 0 bridgehead atoms. The number of nitrogens with one attached hydrogen (secondary N) is 1. The number of rotatable bonds is 7. The van der Waals surface area contributed by atoms with Crippen molar-refractivity contribution < 1.29 is 28.7 Å². The summed E-state index contributed by atoms with van der Waals surface area (Å²) in [5, 5.41) is 2.66. The Morgan fingerprint density at radius 2 is 1.81 bits per heavy atom. The van der Waals surface area contributed by atoms with E-state index in [0.717, 1.165) is 11.3 Å². The van der Waals surface area contributed by atoms with Crippen LogP contribution < -0.4 is 5.32 Å². The Morgan fingerprint density at radius 1 is 1.22 bits per heavy atom. The van der Waals surface area contributed by atoms with Crippen LogP contribution in [0.2, 0.25) is 0 Å². The van der Waals surface area contributed by atoms with Crippen molar-refractivity contribution in [3.63, 3.8) is 0 Å². The van der Waals surface area contributed by atoms with Gasteiger partial charge in [0.25, 0.3) is 5.91 Å². The molecule has 1 aliphatic carbocycles. The van der Waals surface area contributed by atoms with Gasteiger partial charge in [-0.25, -0.2) is 4.79 Å². The highest BCUT2D eigenvalue weighted by molar-refractivity contribution is 7.18. The summed E-state index contributed by atoms with van der Waals surface area (Å²) in [7, 11) is 0. The molecule has 1 aromatic heterocycles. The lowest BCUT2D eigenvalue weighted by Gasteiger charge is -2.12. The third-order valence-corrected chi connectivity index (χ3v) is 6.65. The Balaban J connectivity index is 2.10. The van der Waals surface area contributed by atoms with Gasteiger partial charge in [-0.05, 0) is 33.3 Å². The van der Waals surface area contributed by atoms with Gasteiger partial charge in [-0.1, -0.05) is 0 Å². The number of thiophene rings is 1. The van der Waals surface area contributed by atoms with E-state index in [1.54, 1.807) is 20.8 Å². The third-order valence-electron chi connectivity index (χ3n) is 4.24. The molecule has 0 spiro atoms. The van der Waals surface area contributed by atoms with Gasteiger partial charge in [-0.15, -0.1) is 34.5 Å². The van der Waals surface area contributed by atoms with E-state index in [1.165, 1.54) is 6.92 Å². The normalized spacial score (nSPS) is 19.9. The number of ether oxygens (including phenoxy) is 2. The van der Waals surface area contributed by atoms with Gasteiger partial charge in [0, 0.05) is 6.42 Å². The molecule has 0 radical (unpaired) electrons. The minimum atomic E-state index is -1.20. The number of carbonyl (C=O) groups is 4. The van der Waals surface area contributed by atoms with Crippen LogP contribution in [0, 0.1) is 12.3 Å². The summed E-state index contributed by atoms with van der Waals surface area (Å²) >= 11 is 12.8. The van der Waals surface area contributed by atoms with Crippen LogP contribution in [0.5, 0.6) is 0 Å². The molecule has 27 heavy (non-hydrogen) atoms. The molecule has 1 amide bonds. The Labute approximate surface area is 170 Å². The molecule has 1 aromatic rings. The van der Waals surface area contributed by atoms with E-state index in [2.05, 4.69) is 5.32 Å². The van der Waals surface area contributed by atoms with Gasteiger partial charge in [0.15, 0.2) is 12.4 Å². The molecule has 148 valence electrons. The van der Waals surface area contributed by atoms with Crippen LogP contribution in [0.15, 0.2) is 0 Å². The molecule has 1 N–H and O–H groups in total. The second-order valence-electron chi connectivity index (χ2n) is 6.37. The lowest BCUT2D eigenvalue weighted by atomic mass is 10.1. The van der Waals surface area contributed by atoms with E-state index in [4.69, 9.17) is 32.7 Å². The van der Waals surface area contributed by atoms with E-state index in [0.29, 0.717) is 10.4 Å². The number of hydrogen-bond donors (Lipinski definition) is 1. The van der Waals surface area contributed by atoms with E-state index in [9.17, 15) is 19.2 Å². The van der Waals surface area contributed by atoms with Crippen molar-refractivity contribution in [1.29, 1.82) is 0 Å². The minimum Gasteiger partial charge on any atom is -0.462 e. The van der Waals surface area contributed by atoms with E-state index < -0.39 is 34.2 Å². The van der Waals surface area contributed by atoms with Gasteiger partial charge in [-0.3, -0.25) is 14.4 Å². The third kappa shape index (κ3) is 4.28. The van der Waals surface area contributed by atoms with Crippen LogP contribution in [-0.2, 0) is 19.1 Å². The van der Waals surface area contributed by atoms with Crippen molar-refractivity contribution in [2.24, 2.45) is 5.41 Å². The molecule has 1 unspecified atom stereocenters. The maximum Gasteiger partial charge on any atom is 0.341 e. The summed E-state index contributed by atoms with van der Waals surface area (Å²) in [6.45, 7) is 5.73. The summed E-state index contributed by atoms with van der Waals surface area (Å²) in [5.74, 6) is -2.23. The highest BCUT2D eigenvalue weighted by Gasteiger charge is 2.69. The molecular formula is C17H19Cl2NO6S. The fourth-order valence-corrected chi connectivity index (χ4v) is 4.26. The Bertz CT molecular complexity index is 819. The fourth-order valence-electron chi connectivity index (χ4n) is 2.46. The maximum atomic E-state index is 12.2. The molecule has 0 aromatic carbocycles. The highest BCUT2D eigenvalue weighted by Crippen LogP contribution is 2.64. The summed E-state index contributed by atoms with van der Waals surface area (Å²) in [5.41, 5.74) is -0.507. The van der Waals surface area contributed by atoms with Crippen molar-refractivity contribution in [1.82, 2.24) is 0 Å². The molecular weight excluding hydrogens is 417 g/mol. The lowest BCUT2D eigenvalue weighted by Crippen LogP contribution is -2.27. The molecule has 2 rings (SSSR count). The second kappa shape index (κ2) is 7.77. The fraction of sp³-hybridized carbons (Fsp3) is 0.529. The maximum absolute atomic E-state index is 12.2. The average molecular weight is 436 g/mol. The first-order valence-electron chi connectivity index (χ1n) is 8.11. The van der Waals surface area contributed by atoms with E-state index in [-0.39, 0.29) is 29.4 Å². The van der Waals surface area contributed by atoms with Gasteiger partial charge >= 0.3 is 11.9 Å². The number of amides is 1. The van der Waals surface area contributed by atoms with Crippen molar-refractivity contribution in [2.45, 2.75) is 38.4 Å². The molecule has 10 heteroatoms. The number of esters is 2. The number of ketones is 1. The zero-order chi connectivity index (χ0) is 20.6. The molecule has 1 saturated carbocycles. The zero-order valence-corrected chi connectivity index (χ0v) is 17.6. The predicted molar refractivity (Wildman–Crippen MR) is 102 cm³/mol. The van der Waals surface area contributed by atoms with Crippen LogP contribution in [0.3, 0.4) is 0 Å². The van der Waals surface area contributed by atoms with E-state index >= 15 is 0 Å². The summed E-state index contributed by atoms with van der Waals surface area (Å²) in [6, 6.07) is 0. The molecule has 1 aliphatic rings. The number of anilines is 1. The number of halogens is 2. The van der Waals surface area contributed by atoms with Gasteiger partial charge in [0.05, 0.1) is 17.0 Å². The van der Waals surface area contributed by atoms with Crippen LogP contribution in [0.25, 0.3) is 0 Å². The number of hydrogen-bond acceptors (Lipinski definition) is 7. The number of alkyl halides is 2. The quantitative estimate of drug-likeness (QED) is 0.399. The number of carbonyl (C=O) groups excluding carboxylic acids is 4. The zero-order valence-electron chi connectivity index (χ0n) is 15.2. The van der Waals surface area contributed by atoms with Gasteiger partial charge in [-0.2, -0.15) is 0 Å². The number of Topliss-reactive ketones (excluding diaryl/α,β-unsaturated/α-hetero) is 1. The Morgan fingerprint density at radius 3 is 2.30 bits per heavy atom. The van der Waals surface area contributed by atoms with Crippen LogP contribution in [0.4, 0.5) is 5.00 Å². The van der Waals surface area contributed by atoms with Gasteiger partial charge in [0.1, 0.15) is 14.7 Å². The van der Waals surface area contributed by atoms with Crippen molar-refractivity contribution in [3.05, 3.63) is 16.0 Å². The largest absolute Gasteiger partial charge is 0.462 e. The lowest BCUT2D eigenvalue weighted by molar-refractivity contribution is -0.152. The summed E-state index contributed by atoms with van der Waals surface area (Å²) < 4.78 is 8.77. The Kier molecular flexibility index (Phi) is 6.23. The average Bonchev–Trinajstić information content (AvgIpc) is 2.92. The predicted octanol–water partition coefficient (Wildman–Crippen LogP) is 3.50. The molecule has 7 nitrogen and oxygen atoms in total. The molecule has 0 aliphatic heterocycles. The highest BCUT2D eigenvalue weighted by atomic mass is 35.5. The molecule has 1 heterocycles.